The summed E-state index contributed by atoms with van der Waals surface area (Å²) in [6.07, 6.45) is 0. The van der Waals surface area contributed by atoms with E-state index >= 15 is 0 Å². The minimum atomic E-state index is -0.469. The number of nitroso groups, excluding NO2 is 1. The molecular weight excluding hydrogens is 294 g/mol. The summed E-state index contributed by atoms with van der Waals surface area (Å²) in [6.45, 7) is 0.755. The van der Waals surface area contributed by atoms with E-state index in [2.05, 4.69) is 42.5 Å². The van der Waals surface area contributed by atoms with Crippen LogP contribution in [0.5, 0.6) is 0 Å². The smallest absolute Gasteiger partial charge is 0.336 e. The summed E-state index contributed by atoms with van der Waals surface area (Å²) < 4.78 is 0. The molecular formula is C5H9Br2N3O2. The number of rotatable bonds is 5. The molecule has 0 aromatic heterocycles. The summed E-state index contributed by atoms with van der Waals surface area (Å²) in [4.78, 5) is 21.1. The van der Waals surface area contributed by atoms with Crippen molar-refractivity contribution in [2.75, 3.05) is 23.7 Å². The molecule has 5 nitrogen and oxygen atoms in total. The highest BCUT2D eigenvalue weighted by Crippen LogP contribution is 1.92. The minimum absolute atomic E-state index is 0.275. The molecule has 0 spiro atoms. The highest BCUT2D eigenvalue weighted by atomic mass is 79.9. The lowest BCUT2D eigenvalue weighted by Gasteiger charge is -2.11. The van der Waals surface area contributed by atoms with Crippen LogP contribution in [0.2, 0.25) is 0 Å². The van der Waals surface area contributed by atoms with Gasteiger partial charge in [-0.1, -0.05) is 31.9 Å². The number of nitrogens with one attached hydrogen (secondary N) is 1. The molecule has 0 aromatic carbocycles. The zero-order chi connectivity index (χ0) is 9.40. The molecule has 0 aliphatic carbocycles. The van der Waals surface area contributed by atoms with Crippen molar-refractivity contribution in [2.24, 2.45) is 5.29 Å². The molecule has 0 radical (unpaired) electrons. The first-order valence-corrected chi connectivity index (χ1v) is 5.51. The molecule has 0 heterocycles. The largest absolute Gasteiger partial charge is 0.340 e. The molecule has 0 aliphatic heterocycles. The molecule has 0 saturated carbocycles. The van der Waals surface area contributed by atoms with Crippen molar-refractivity contribution in [1.29, 1.82) is 0 Å². The maximum Gasteiger partial charge on any atom is 0.340 e. The summed E-state index contributed by atoms with van der Waals surface area (Å²) >= 11 is 6.23. The average Bonchev–Trinajstić information content (AvgIpc) is 2.10. The number of halogens is 2. The summed E-state index contributed by atoms with van der Waals surface area (Å²) in [7, 11) is 0. The van der Waals surface area contributed by atoms with Gasteiger partial charge in [-0.3, -0.25) is 0 Å². The maximum atomic E-state index is 11.0. The lowest BCUT2D eigenvalue weighted by molar-refractivity contribution is 0.203. The van der Waals surface area contributed by atoms with Gasteiger partial charge in [-0.25, -0.2) is 4.79 Å². The van der Waals surface area contributed by atoms with Crippen LogP contribution in [0.4, 0.5) is 4.79 Å². The second-order valence-corrected chi connectivity index (χ2v) is 3.40. The zero-order valence-electron chi connectivity index (χ0n) is 6.30. The van der Waals surface area contributed by atoms with E-state index in [9.17, 15) is 9.70 Å². The lowest BCUT2D eigenvalue weighted by atomic mass is 10.6. The molecule has 1 N–H and O–H groups in total. The monoisotopic (exact) mass is 301 g/mol. The molecule has 2 amide bonds. The van der Waals surface area contributed by atoms with Gasteiger partial charge in [-0.05, 0) is 0 Å². The first-order valence-electron chi connectivity index (χ1n) is 3.26. The van der Waals surface area contributed by atoms with E-state index in [0.29, 0.717) is 17.2 Å². The topological polar surface area (TPSA) is 61.8 Å². The lowest BCUT2D eigenvalue weighted by Crippen LogP contribution is -2.38. The third kappa shape index (κ3) is 4.66. The maximum absolute atomic E-state index is 11.0. The second-order valence-electron chi connectivity index (χ2n) is 1.81. The molecule has 0 saturated heterocycles. The van der Waals surface area contributed by atoms with Crippen molar-refractivity contribution in [3.05, 3.63) is 4.91 Å². The number of urea groups is 1. The van der Waals surface area contributed by atoms with Gasteiger partial charge < -0.3 is 5.32 Å². The molecule has 0 fully saturated rings. The zero-order valence-corrected chi connectivity index (χ0v) is 9.47. The van der Waals surface area contributed by atoms with Crippen LogP contribution in [-0.4, -0.2) is 34.8 Å². The van der Waals surface area contributed by atoms with Crippen molar-refractivity contribution < 1.29 is 4.79 Å². The molecule has 0 atom stereocenters. The Morgan fingerprint density at radius 3 is 2.50 bits per heavy atom. The fraction of sp³-hybridized carbons (Fsp3) is 0.800. The third-order valence-corrected chi connectivity index (χ3v) is 1.75. The van der Waals surface area contributed by atoms with Crippen molar-refractivity contribution >= 4 is 37.9 Å². The Kier molecular flexibility index (Phi) is 7.37. The number of hydrogen-bond donors (Lipinski definition) is 1. The number of nitrogens with zero attached hydrogens (tertiary/aromatic N) is 2. The van der Waals surface area contributed by atoms with Crippen LogP contribution < -0.4 is 5.32 Å². The second kappa shape index (κ2) is 7.48. The van der Waals surface area contributed by atoms with Gasteiger partial charge in [-0.2, -0.15) is 5.01 Å². The van der Waals surface area contributed by atoms with Crippen LogP contribution >= 0.6 is 31.9 Å². The first kappa shape index (κ1) is 11.8. The number of hydrogen-bond acceptors (Lipinski definition) is 3. The van der Waals surface area contributed by atoms with Crippen LogP contribution in [0.1, 0.15) is 0 Å². The number of carbonyl (C=O) groups is 1. The Bertz CT molecular complexity index is 156. The van der Waals surface area contributed by atoms with E-state index in [1.54, 1.807) is 0 Å². The van der Waals surface area contributed by atoms with E-state index in [0.717, 1.165) is 5.01 Å². The standard InChI is InChI=1S/C5H9Br2N3O2/c6-1-3-8-5(11)10(9-12)4-2-7/h1-4H2,(H,8,11). The minimum Gasteiger partial charge on any atom is -0.336 e. The van der Waals surface area contributed by atoms with Gasteiger partial charge in [0.1, 0.15) is 0 Å². The summed E-state index contributed by atoms with van der Waals surface area (Å²) in [5.74, 6) is 0. The van der Waals surface area contributed by atoms with Gasteiger partial charge in [-0.15, -0.1) is 4.91 Å². The van der Waals surface area contributed by atoms with Crippen LogP contribution in [0.25, 0.3) is 0 Å². The predicted octanol–water partition coefficient (Wildman–Crippen LogP) is 1.47. The molecule has 0 bridgehead atoms. The van der Waals surface area contributed by atoms with E-state index in [1.165, 1.54) is 0 Å². The van der Waals surface area contributed by atoms with Crippen molar-refractivity contribution in [1.82, 2.24) is 10.3 Å². The Balaban J connectivity index is 3.77. The average molecular weight is 303 g/mol. The van der Waals surface area contributed by atoms with Gasteiger partial charge >= 0.3 is 6.03 Å². The molecule has 0 unspecified atom stereocenters. The van der Waals surface area contributed by atoms with Gasteiger partial charge in [0.15, 0.2) is 0 Å². The fourth-order valence-corrected chi connectivity index (χ4v) is 1.04. The Morgan fingerprint density at radius 1 is 1.42 bits per heavy atom. The molecule has 7 heteroatoms. The van der Waals surface area contributed by atoms with Gasteiger partial charge in [0.25, 0.3) is 0 Å². The quantitative estimate of drug-likeness (QED) is 0.475. The van der Waals surface area contributed by atoms with Gasteiger partial charge in [0, 0.05) is 17.2 Å². The predicted molar refractivity (Wildman–Crippen MR) is 53.5 cm³/mol. The van der Waals surface area contributed by atoms with Crippen LogP contribution in [0.15, 0.2) is 5.29 Å². The molecule has 0 aromatic rings. The van der Waals surface area contributed by atoms with Crippen LogP contribution in [0.3, 0.4) is 0 Å². The Labute approximate surface area is 87.1 Å². The Morgan fingerprint density at radius 2 is 2.08 bits per heavy atom. The van der Waals surface area contributed by atoms with E-state index in [-0.39, 0.29) is 6.54 Å². The highest BCUT2D eigenvalue weighted by Gasteiger charge is 2.11. The van der Waals surface area contributed by atoms with E-state index in [4.69, 9.17) is 0 Å². The summed E-state index contributed by atoms with van der Waals surface area (Å²) in [5.41, 5.74) is 0. The molecule has 70 valence electrons. The number of alkyl halides is 2. The van der Waals surface area contributed by atoms with Crippen molar-refractivity contribution in [3.63, 3.8) is 0 Å². The fourth-order valence-electron chi connectivity index (χ4n) is 0.505. The Hall–Kier alpha value is -0.170. The molecule has 0 rings (SSSR count). The third-order valence-electron chi connectivity index (χ3n) is 1.00. The first-order chi connectivity index (χ1) is 5.76. The van der Waals surface area contributed by atoms with Crippen molar-refractivity contribution in [3.8, 4) is 0 Å². The summed E-state index contributed by atoms with van der Waals surface area (Å²) in [5, 5.41) is 7.06. The summed E-state index contributed by atoms with van der Waals surface area (Å²) in [6, 6.07) is -0.469. The van der Waals surface area contributed by atoms with Crippen molar-refractivity contribution in [2.45, 2.75) is 0 Å². The van der Waals surface area contributed by atoms with E-state index < -0.39 is 6.03 Å². The van der Waals surface area contributed by atoms with E-state index in [1.807, 2.05) is 0 Å². The van der Waals surface area contributed by atoms with Gasteiger partial charge in [0.2, 0.25) is 0 Å². The van der Waals surface area contributed by atoms with Gasteiger partial charge in [0.05, 0.1) is 11.8 Å². The number of carbonyl (C=O) groups excluding carboxylic acids is 1. The van der Waals surface area contributed by atoms with Crippen LogP contribution in [0, 0.1) is 4.91 Å². The van der Waals surface area contributed by atoms with Crippen LogP contribution in [-0.2, 0) is 0 Å². The SMILES string of the molecule is O=NN(CCBr)C(=O)NCCBr. The number of amides is 2. The molecule has 12 heavy (non-hydrogen) atoms. The molecule has 0 aliphatic rings. The normalized spacial score (nSPS) is 9.17. The highest BCUT2D eigenvalue weighted by molar-refractivity contribution is 9.09.